The van der Waals surface area contributed by atoms with Crippen LogP contribution in [0.2, 0.25) is 0 Å². The van der Waals surface area contributed by atoms with Gasteiger partial charge in [0.05, 0.1) is 11.4 Å². The topological polar surface area (TPSA) is 66.6 Å². The lowest BCUT2D eigenvalue weighted by atomic mass is 10.1. The van der Waals surface area contributed by atoms with E-state index in [1.807, 2.05) is 24.3 Å². The Morgan fingerprint density at radius 1 is 1.29 bits per heavy atom. The van der Waals surface area contributed by atoms with Crippen LogP contribution < -0.4 is 10.6 Å². The van der Waals surface area contributed by atoms with E-state index in [4.69, 9.17) is 5.73 Å². The van der Waals surface area contributed by atoms with E-state index in [1.54, 1.807) is 11.9 Å². The molecule has 0 heterocycles. The van der Waals surface area contributed by atoms with E-state index < -0.39 is 11.8 Å². The lowest BCUT2D eigenvalue weighted by molar-refractivity contribution is 0.0698. The number of hydrogen-bond acceptors (Lipinski definition) is 3. The third-order valence-electron chi connectivity index (χ3n) is 3.13. The molecule has 0 atom stereocenters. The van der Waals surface area contributed by atoms with Gasteiger partial charge in [-0.1, -0.05) is 28.1 Å². The van der Waals surface area contributed by atoms with Crippen LogP contribution in [0.3, 0.4) is 0 Å². The predicted molar refractivity (Wildman–Crippen MR) is 84.0 cm³/mol. The molecule has 0 bridgehead atoms. The standard InChI is InChI=1S/C15H14BrFN2O2/c1-19(8-9-2-4-10(16)5-3-9)12-7-6-11(17)14(18)13(12)15(20)21/h2-7H,8,18H2,1H3,(H,20,21). The molecule has 0 aliphatic rings. The second-order valence-electron chi connectivity index (χ2n) is 4.64. The van der Waals surface area contributed by atoms with Gasteiger partial charge in [0, 0.05) is 18.1 Å². The number of carboxylic acids is 1. The van der Waals surface area contributed by atoms with E-state index in [0.29, 0.717) is 12.2 Å². The number of hydrogen-bond donors (Lipinski definition) is 2. The largest absolute Gasteiger partial charge is 0.478 e. The van der Waals surface area contributed by atoms with Gasteiger partial charge in [-0.3, -0.25) is 0 Å². The van der Waals surface area contributed by atoms with Gasteiger partial charge in [0.15, 0.2) is 0 Å². The van der Waals surface area contributed by atoms with Gasteiger partial charge < -0.3 is 15.7 Å². The zero-order chi connectivity index (χ0) is 15.6. The zero-order valence-electron chi connectivity index (χ0n) is 11.3. The van der Waals surface area contributed by atoms with Crippen molar-refractivity contribution in [3.05, 3.63) is 57.8 Å². The van der Waals surface area contributed by atoms with Crippen LogP contribution >= 0.6 is 15.9 Å². The van der Waals surface area contributed by atoms with Crippen molar-refractivity contribution in [2.24, 2.45) is 0 Å². The molecule has 2 rings (SSSR count). The number of aromatic carboxylic acids is 1. The quantitative estimate of drug-likeness (QED) is 0.826. The number of anilines is 2. The highest BCUT2D eigenvalue weighted by atomic mass is 79.9. The summed E-state index contributed by atoms with van der Waals surface area (Å²) in [7, 11) is 1.74. The molecule has 4 nitrogen and oxygen atoms in total. The maximum Gasteiger partial charge on any atom is 0.340 e. The number of halogens is 2. The molecule has 110 valence electrons. The smallest absolute Gasteiger partial charge is 0.340 e. The monoisotopic (exact) mass is 352 g/mol. The minimum Gasteiger partial charge on any atom is -0.478 e. The van der Waals surface area contributed by atoms with Crippen LogP contribution in [-0.2, 0) is 6.54 Å². The Balaban J connectivity index is 2.35. The van der Waals surface area contributed by atoms with Crippen LogP contribution in [0.4, 0.5) is 15.8 Å². The number of rotatable bonds is 4. The SMILES string of the molecule is CN(Cc1ccc(Br)cc1)c1ccc(F)c(N)c1C(=O)O. The minimum absolute atomic E-state index is 0.213. The molecule has 0 saturated heterocycles. The Morgan fingerprint density at radius 2 is 1.90 bits per heavy atom. The molecule has 0 unspecified atom stereocenters. The van der Waals surface area contributed by atoms with E-state index in [-0.39, 0.29) is 11.3 Å². The number of nitrogen functional groups attached to an aromatic ring is 1. The Labute approximate surface area is 130 Å². The van der Waals surface area contributed by atoms with E-state index in [2.05, 4.69) is 15.9 Å². The maximum atomic E-state index is 13.4. The highest BCUT2D eigenvalue weighted by molar-refractivity contribution is 9.10. The zero-order valence-corrected chi connectivity index (χ0v) is 12.9. The first-order chi connectivity index (χ1) is 9.90. The van der Waals surface area contributed by atoms with Crippen molar-refractivity contribution in [2.75, 3.05) is 17.7 Å². The third-order valence-corrected chi connectivity index (χ3v) is 3.66. The van der Waals surface area contributed by atoms with Crippen LogP contribution in [0.15, 0.2) is 40.9 Å². The van der Waals surface area contributed by atoms with Gasteiger partial charge in [0.1, 0.15) is 11.4 Å². The van der Waals surface area contributed by atoms with Crippen LogP contribution in [0.5, 0.6) is 0 Å². The summed E-state index contributed by atoms with van der Waals surface area (Å²) in [6, 6.07) is 10.3. The molecule has 0 saturated carbocycles. The van der Waals surface area contributed by atoms with Gasteiger partial charge in [0.25, 0.3) is 0 Å². The number of carboxylic acid groups (broad SMARTS) is 1. The van der Waals surface area contributed by atoms with Crippen molar-refractivity contribution in [2.45, 2.75) is 6.54 Å². The van der Waals surface area contributed by atoms with Crippen molar-refractivity contribution < 1.29 is 14.3 Å². The molecule has 0 fully saturated rings. The molecule has 2 aromatic carbocycles. The molecule has 0 radical (unpaired) electrons. The summed E-state index contributed by atoms with van der Waals surface area (Å²) in [5.74, 6) is -1.97. The molecule has 0 spiro atoms. The summed E-state index contributed by atoms with van der Waals surface area (Å²) in [5, 5.41) is 9.24. The molecular weight excluding hydrogens is 339 g/mol. The van der Waals surface area contributed by atoms with E-state index in [0.717, 1.165) is 10.0 Å². The fraction of sp³-hybridized carbons (Fsp3) is 0.133. The first kappa shape index (κ1) is 15.3. The molecule has 0 aromatic heterocycles. The summed E-state index contributed by atoms with van der Waals surface area (Å²) in [4.78, 5) is 13.0. The van der Waals surface area contributed by atoms with Crippen molar-refractivity contribution in [1.82, 2.24) is 0 Å². The highest BCUT2D eigenvalue weighted by Gasteiger charge is 2.19. The lowest BCUT2D eigenvalue weighted by Crippen LogP contribution is -2.20. The Kier molecular flexibility index (Phi) is 4.47. The summed E-state index contributed by atoms with van der Waals surface area (Å²) in [6.45, 7) is 0.485. The van der Waals surface area contributed by atoms with E-state index in [1.165, 1.54) is 12.1 Å². The fourth-order valence-corrected chi connectivity index (χ4v) is 2.34. The Morgan fingerprint density at radius 3 is 2.48 bits per heavy atom. The van der Waals surface area contributed by atoms with E-state index in [9.17, 15) is 14.3 Å². The minimum atomic E-state index is -1.25. The number of carbonyl (C=O) groups is 1. The number of benzene rings is 2. The van der Waals surface area contributed by atoms with Gasteiger partial charge in [-0.25, -0.2) is 9.18 Å². The highest BCUT2D eigenvalue weighted by Crippen LogP contribution is 2.28. The average Bonchev–Trinajstić information content (AvgIpc) is 2.43. The van der Waals surface area contributed by atoms with Crippen LogP contribution in [0.1, 0.15) is 15.9 Å². The number of nitrogens with two attached hydrogens (primary N) is 1. The van der Waals surface area contributed by atoms with Crippen molar-refractivity contribution in [1.29, 1.82) is 0 Å². The molecule has 0 aliphatic heterocycles. The Bertz CT molecular complexity index is 674. The molecule has 21 heavy (non-hydrogen) atoms. The molecule has 3 N–H and O–H groups in total. The van der Waals surface area contributed by atoms with Gasteiger partial charge in [0.2, 0.25) is 0 Å². The molecule has 6 heteroatoms. The normalized spacial score (nSPS) is 10.4. The summed E-state index contributed by atoms with van der Waals surface area (Å²) < 4.78 is 14.4. The molecular formula is C15H14BrFN2O2. The lowest BCUT2D eigenvalue weighted by Gasteiger charge is -2.22. The third kappa shape index (κ3) is 3.33. The second-order valence-corrected chi connectivity index (χ2v) is 5.56. The first-order valence-corrected chi connectivity index (χ1v) is 6.96. The van der Waals surface area contributed by atoms with Crippen LogP contribution in [-0.4, -0.2) is 18.1 Å². The first-order valence-electron chi connectivity index (χ1n) is 6.17. The van der Waals surface area contributed by atoms with Gasteiger partial charge in [-0.15, -0.1) is 0 Å². The van der Waals surface area contributed by atoms with Gasteiger partial charge >= 0.3 is 5.97 Å². The van der Waals surface area contributed by atoms with E-state index >= 15 is 0 Å². The van der Waals surface area contributed by atoms with Crippen LogP contribution in [0, 0.1) is 5.82 Å². The average molecular weight is 353 g/mol. The molecule has 0 aliphatic carbocycles. The van der Waals surface area contributed by atoms with Crippen molar-refractivity contribution >= 4 is 33.3 Å². The van der Waals surface area contributed by atoms with Gasteiger partial charge in [-0.05, 0) is 29.8 Å². The predicted octanol–water partition coefficient (Wildman–Crippen LogP) is 3.51. The maximum absolute atomic E-state index is 13.4. The Hall–Kier alpha value is -2.08. The van der Waals surface area contributed by atoms with Crippen molar-refractivity contribution in [3.63, 3.8) is 0 Å². The van der Waals surface area contributed by atoms with Crippen LogP contribution in [0.25, 0.3) is 0 Å². The number of nitrogens with zero attached hydrogens (tertiary/aromatic N) is 1. The van der Waals surface area contributed by atoms with Gasteiger partial charge in [-0.2, -0.15) is 0 Å². The molecule has 2 aromatic rings. The fourth-order valence-electron chi connectivity index (χ4n) is 2.07. The summed E-state index contributed by atoms with van der Waals surface area (Å²) in [5.41, 5.74) is 6.37. The summed E-state index contributed by atoms with van der Waals surface area (Å²) in [6.07, 6.45) is 0. The second kappa shape index (κ2) is 6.13. The summed E-state index contributed by atoms with van der Waals surface area (Å²) >= 11 is 3.36. The van der Waals surface area contributed by atoms with Crippen molar-refractivity contribution in [3.8, 4) is 0 Å². The molecule has 0 amide bonds.